The van der Waals surface area contributed by atoms with Crippen molar-refractivity contribution in [2.45, 2.75) is 19.2 Å². The quantitative estimate of drug-likeness (QED) is 0.730. The van der Waals surface area contributed by atoms with E-state index in [0.717, 1.165) is 0 Å². The van der Waals surface area contributed by atoms with Crippen molar-refractivity contribution in [3.8, 4) is 11.1 Å². The molecule has 5 nitrogen and oxygen atoms in total. The molecule has 2 aromatic heterocycles. The van der Waals surface area contributed by atoms with Gasteiger partial charge in [-0.2, -0.15) is 0 Å². The first kappa shape index (κ1) is 16.9. The number of aliphatic hydroxyl groups is 1. The van der Waals surface area contributed by atoms with Crippen molar-refractivity contribution in [1.82, 2.24) is 9.38 Å². The number of aliphatic hydroxyl groups excluding tert-OH is 1. The van der Waals surface area contributed by atoms with Crippen molar-refractivity contribution in [3.63, 3.8) is 0 Å². The lowest BCUT2D eigenvalue weighted by atomic mass is 10.0. The summed E-state index contributed by atoms with van der Waals surface area (Å²) < 4.78 is 28.9. The molecule has 0 saturated heterocycles. The van der Waals surface area contributed by atoms with Gasteiger partial charge in [-0.1, -0.05) is 11.6 Å². The number of carbonyl (C=O) groups excluding carboxylic acids is 1. The van der Waals surface area contributed by atoms with Crippen LogP contribution in [0.15, 0.2) is 36.7 Å². The number of rotatable bonds is 4. The van der Waals surface area contributed by atoms with Crippen molar-refractivity contribution in [2.75, 3.05) is 5.32 Å². The SMILES string of the molecule is O=C(Nc1cn2cc(-c3c(F)ccc(Cl)c3CO)ccc2n1)C1CC1F. The number of benzene rings is 1. The van der Waals surface area contributed by atoms with Crippen molar-refractivity contribution >= 4 is 29.0 Å². The fraction of sp³-hybridized carbons (Fsp3) is 0.222. The smallest absolute Gasteiger partial charge is 0.231 e. The maximum atomic E-state index is 14.3. The van der Waals surface area contributed by atoms with Crippen LogP contribution in [0.1, 0.15) is 12.0 Å². The molecule has 0 aliphatic heterocycles. The number of imidazole rings is 1. The minimum absolute atomic E-state index is 0.208. The van der Waals surface area contributed by atoms with Gasteiger partial charge in [-0.25, -0.2) is 13.8 Å². The first-order valence-corrected chi connectivity index (χ1v) is 8.37. The number of pyridine rings is 1. The second-order valence-corrected chi connectivity index (χ2v) is 6.60. The highest BCUT2D eigenvalue weighted by Gasteiger charge is 2.43. The number of nitrogens with one attached hydrogen (secondary N) is 1. The second kappa shape index (κ2) is 6.34. The van der Waals surface area contributed by atoms with Crippen molar-refractivity contribution in [1.29, 1.82) is 0 Å². The lowest BCUT2D eigenvalue weighted by Gasteiger charge is -2.11. The largest absolute Gasteiger partial charge is 0.392 e. The van der Waals surface area contributed by atoms with E-state index in [0.29, 0.717) is 22.6 Å². The maximum absolute atomic E-state index is 14.3. The molecule has 2 unspecified atom stereocenters. The van der Waals surface area contributed by atoms with E-state index < -0.39 is 30.4 Å². The Kier molecular flexibility index (Phi) is 4.13. The van der Waals surface area contributed by atoms with Gasteiger partial charge in [-0.05, 0) is 30.7 Å². The number of hydrogen-bond acceptors (Lipinski definition) is 3. The highest BCUT2D eigenvalue weighted by Crippen LogP contribution is 2.35. The molecule has 2 atom stereocenters. The number of aromatic nitrogens is 2. The van der Waals surface area contributed by atoms with Gasteiger partial charge < -0.3 is 14.8 Å². The Bertz CT molecular complexity index is 1020. The monoisotopic (exact) mass is 377 g/mol. The maximum Gasteiger partial charge on any atom is 0.231 e. The molecule has 3 aromatic rings. The summed E-state index contributed by atoms with van der Waals surface area (Å²) >= 11 is 6.05. The van der Waals surface area contributed by atoms with Gasteiger partial charge in [0.2, 0.25) is 5.91 Å². The molecule has 134 valence electrons. The van der Waals surface area contributed by atoms with Gasteiger partial charge in [0.25, 0.3) is 0 Å². The van der Waals surface area contributed by atoms with Gasteiger partial charge in [0.15, 0.2) is 5.82 Å². The summed E-state index contributed by atoms with van der Waals surface area (Å²) in [5.74, 6) is -1.22. The Morgan fingerprint density at radius 2 is 2.12 bits per heavy atom. The molecule has 26 heavy (non-hydrogen) atoms. The van der Waals surface area contributed by atoms with E-state index in [2.05, 4.69) is 10.3 Å². The number of anilines is 1. The predicted molar refractivity (Wildman–Crippen MR) is 93.2 cm³/mol. The zero-order valence-electron chi connectivity index (χ0n) is 13.4. The van der Waals surface area contributed by atoms with Gasteiger partial charge in [0.05, 0.1) is 18.7 Å². The van der Waals surface area contributed by atoms with Crippen molar-refractivity contribution < 1.29 is 18.7 Å². The first-order valence-electron chi connectivity index (χ1n) is 7.99. The topological polar surface area (TPSA) is 66.6 Å². The third-order valence-electron chi connectivity index (χ3n) is 4.40. The van der Waals surface area contributed by atoms with Crippen LogP contribution in [0.4, 0.5) is 14.6 Å². The minimum atomic E-state index is -1.08. The highest BCUT2D eigenvalue weighted by atomic mass is 35.5. The molecular formula is C18H14ClF2N3O2. The molecule has 4 rings (SSSR count). The number of halogens is 3. The summed E-state index contributed by atoms with van der Waals surface area (Å²) in [6.07, 6.45) is 2.34. The number of amides is 1. The number of nitrogens with zero attached hydrogens (tertiary/aromatic N) is 2. The number of hydrogen-bond donors (Lipinski definition) is 2. The number of alkyl halides is 1. The molecule has 1 aliphatic rings. The van der Waals surface area contributed by atoms with E-state index in [9.17, 15) is 18.7 Å². The third kappa shape index (κ3) is 2.93. The average molecular weight is 378 g/mol. The zero-order chi connectivity index (χ0) is 18.4. The van der Waals surface area contributed by atoms with E-state index in [1.165, 1.54) is 12.1 Å². The molecule has 1 aromatic carbocycles. The average Bonchev–Trinajstić information content (AvgIpc) is 3.21. The minimum Gasteiger partial charge on any atom is -0.392 e. The van der Waals surface area contributed by atoms with Crippen LogP contribution >= 0.6 is 11.6 Å². The lowest BCUT2D eigenvalue weighted by Crippen LogP contribution is -2.15. The summed E-state index contributed by atoms with van der Waals surface area (Å²) in [5.41, 5.74) is 1.54. The Labute approximate surface area is 152 Å². The summed E-state index contributed by atoms with van der Waals surface area (Å²) in [5, 5.41) is 12.4. The predicted octanol–water partition coefficient (Wildman–Crippen LogP) is 3.58. The Hall–Kier alpha value is -2.51. The highest BCUT2D eigenvalue weighted by molar-refractivity contribution is 6.31. The lowest BCUT2D eigenvalue weighted by molar-refractivity contribution is -0.117. The number of carbonyl (C=O) groups is 1. The van der Waals surface area contributed by atoms with Gasteiger partial charge in [0, 0.05) is 27.9 Å². The standard InChI is InChI=1S/C18H14ClF2N3O2/c19-12-2-3-13(20)17(11(12)8-25)9-1-4-16-22-15(7-24(16)6-9)23-18(26)10-5-14(10)21/h1-4,6-7,10,14,25H,5,8H2,(H,23,26). The van der Waals surface area contributed by atoms with Crippen LogP contribution in [0.25, 0.3) is 16.8 Å². The van der Waals surface area contributed by atoms with Crippen LogP contribution in [0.2, 0.25) is 5.02 Å². The molecular weight excluding hydrogens is 364 g/mol. The molecule has 1 fully saturated rings. The molecule has 1 saturated carbocycles. The molecule has 0 bridgehead atoms. The van der Waals surface area contributed by atoms with Crippen LogP contribution in [0.5, 0.6) is 0 Å². The third-order valence-corrected chi connectivity index (χ3v) is 4.76. The van der Waals surface area contributed by atoms with E-state index >= 15 is 0 Å². The van der Waals surface area contributed by atoms with E-state index in [-0.39, 0.29) is 17.0 Å². The van der Waals surface area contributed by atoms with Crippen LogP contribution in [-0.4, -0.2) is 26.6 Å². The Morgan fingerprint density at radius 3 is 2.81 bits per heavy atom. The zero-order valence-corrected chi connectivity index (χ0v) is 14.2. The molecule has 2 N–H and O–H groups in total. The molecule has 8 heteroatoms. The molecule has 1 aliphatic carbocycles. The van der Waals surface area contributed by atoms with Gasteiger partial charge in [-0.15, -0.1) is 0 Å². The molecule has 0 spiro atoms. The van der Waals surface area contributed by atoms with Crippen LogP contribution in [0.3, 0.4) is 0 Å². The fourth-order valence-corrected chi connectivity index (χ4v) is 3.13. The molecule has 1 amide bonds. The van der Waals surface area contributed by atoms with Gasteiger partial charge in [0.1, 0.15) is 17.6 Å². The van der Waals surface area contributed by atoms with E-state index in [1.807, 2.05) is 0 Å². The van der Waals surface area contributed by atoms with E-state index in [1.54, 1.807) is 28.9 Å². The summed E-state index contributed by atoms with van der Waals surface area (Å²) in [4.78, 5) is 16.1. The van der Waals surface area contributed by atoms with Crippen molar-refractivity contribution in [2.24, 2.45) is 5.92 Å². The summed E-state index contributed by atoms with van der Waals surface area (Å²) in [6, 6.07) is 5.94. The summed E-state index contributed by atoms with van der Waals surface area (Å²) in [6.45, 7) is -0.402. The molecule has 0 radical (unpaired) electrons. The normalized spacial score (nSPS) is 18.9. The van der Waals surface area contributed by atoms with Crippen LogP contribution < -0.4 is 5.32 Å². The molecule has 2 heterocycles. The van der Waals surface area contributed by atoms with Crippen LogP contribution in [0, 0.1) is 11.7 Å². The van der Waals surface area contributed by atoms with Gasteiger partial charge >= 0.3 is 0 Å². The number of fused-ring (bicyclic) bond motifs is 1. The fourth-order valence-electron chi connectivity index (χ4n) is 2.91. The van der Waals surface area contributed by atoms with E-state index in [4.69, 9.17) is 11.6 Å². The Morgan fingerprint density at radius 1 is 1.35 bits per heavy atom. The second-order valence-electron chi connectivity index (χ2n) is 6.20. The first-order chi connectivity index (χ1) is 12.5. The summed E-state index contributed by atoms with van der Waals surface area (Å²) in [7, 11) is 0. The van der Waals surface area contributed by atoms with Gasteiger partial charge in [-0.3, -0.25) is 4.79 Å². The van der Waals surface area contributed by atoms with Crippen molar-refractivity contribution in [3.05, 3.63) is 53.1 Å². The Balaban J connectivity index is 1.70. The van der Waals surface area contributed by atoms with Crippen LogP contribution in [-0.2, 0) is 11.4 Å².